The van der Waals surface area contributed by atoms with Crippen LogP contribution in [0.15, 0.2) is 42.5 Å². The summed E-state index contributed by atoms with van der Waals surface area (Å²) in [7, 11) is 3.21. The van der Waals surface area contributed by atoms with Crippen molar-refractivity contribution < 1.29 is 19.0 Å². The topological polar surface area (TPSA) is 87.5 Å². The van der Waals surface area contributed by atoms with Gasteiger partial charge in [-0.1, -0.05) is 23.4 Å². The van der Waals surface area contributed by atoms with Crippen molar-refractivity contribution in [1.82, 2.24) is 20.3 Å². The first-order valence-electron chi connectivity index (χ1n) is 8.99. The average Bonchev–Trinajstić information content (AvgIpc) is 3.11. The van der Waals surface area contributed by atoms with Crippen LogP contribution in [0.25, 0.3) is 11.0 Å². The van der Waals surface area contributed by atoms with Crippen LogP contribution in [0.5, 0.6) is 11.5 Å². The van der Waals surface area contributed by atoms with Gasteiger partial charge in [-0.3, -0.25) is 4.79 Å². The van der Waals surface area contributed by atoms with E-state index in [2.05, 4.69) is 15.6 Å². The second-order valence-corrected chi connectivity index (χ2v) is 6.28. The molecule has 1 N–H and O–H groups in total. The Morgan fingerprint density at radius 3 is 2.75 bits per heavy atom. The van der Waals surface area contributed by atoms with Gasteiger partial charge < -0.3 is 19.5 Å². The van der Waals surface area contributed by atoms with Crippen molar-refractivity contribution in [2.75, 3.05) is 27.4 Å². The van der Waals surface area contributed by atoms with Gasteiger partial charge in [0.2, 0.25) is 5.91 Å². The number of hydrogen-bond acceptors (Lipinski definition) is 6. The Balaban J connectivity index is 1.64. The number of nitrogens with one attached hydrogen (secondary N) is 1. The molecule has 0 aliphatic heterocycles. The standard InChI is InChI=1S/C20H24N4O4/c1-14(15-8-9-18(19(12-15)27-3)28-11-10-26-2)21-20(25)13-24-17-7-5-4-6-16(17)22-23-24/h4-9,12,14H,10-11,13H2,1-3H3,(H,21,25). The lowest BCUT2D eigenvalue weighted by Crippen LogP contribution is -2.30. The maximum absolute atomic E-state index is 12.5. The molecule has 0 spiro atoms. The predicted octanol–water partition coefficient (Wildman–Crippen LogP) is 2.34. The molecule has 1 heterocycles. The summed E-state index contributed by atoms with van der Waals surface area (Å²) in [6.45, 7) is 2.94. The quantitative estimate of drug-likeness (QED) is 0.570. The lowest BCUT2D eigenvalue weighted by Gasteiger charge is -2.17. The Labute approximate surface area is 163 Å². The van der Waals surface area contributed by atoms with Crippen LogP contribution in [0.4, 0.5) is 0 Å². The molecule has 0 saturated heterocycles. The number of nitrogens with zero attached hydrogens (tertiary/aromatic N) is 3. The zero-order chi connectivity index (χ0) is 19.9. The summed E-state index contributed by atoms with van der Waals surface area (Å²) in [6.07, 6.45) is 0. The Morgan fingerprint density at radius 1 is 1.14 bits per heavy atom. The van der Waals surface area contributed by atoms with E-state index in [1.807, 2.05) is 49.4 Å². The summed E-state index contributed by atoms with van der Waals surface area (Å²) < 4.78 is 17.6. The van der Waals surface area contributed by atoms with E-state index < -0.39 is 0 Å². The fourth-order valence-electron chi connectivity index (χ4n) is 2.85. The highest BCUT2D eigenvalue weighted by Crippen LogP contribution is 2.30. The van der Waals surface area contributed by atoms with Crippen molar-refractivity contribution in [2.24, 2.45) is 0 Å². The molecule has 0 bridgehead atoms. The average molecular weight is 384 g/mol. The largest absolute Gasteiger partial charge is 0.493 e. The molecule has 3 rings (SSSR count). The predicted molar refractivity (Wildman–Crippen MR) is 104 cm³/mol. The summed E-state index contributed by atoms with van der Waals surface area (Å²) in [4.78, 5) is 12.5. The lowest BCUT2D eigenvalue weighted by atomic mass is 10.1. The van der Waals surface area contributed by atoms with Gasteiger partial charge in [-0.15, -0.1) is 5.10 Å². The molecule has 8 heteroatoms. The Morgan fingerprint density at radius 2 is 1.96 bits per heavy atom. The molecule has 0 aliphatic carbocycles. The molecule has 148 valence electrons. The number of ether oxygens (including phenoxy) is 3. The summed E-state index contributed by atoms with van der Waals surface area (Å²) in [6, 6.07) is 12.9. The molecule has 1 amide bonds. The first-order valence-corrected chi connectivity index (χ1v) is 8.99. The van der Waals surface area contributed by atoms with Gasteiger partial charge in [-0.2, -0.15) is 0 Å². The Kier molecular flexibility index (Phi) is 6.44. The molecule has 3 aromatic rings. The van der Waals surface area contributed by atoms with Gasteiger partial charge in [-0.25, -0.2) is 4.68 Å². The number of amides is 1. The normalized spacial score (nSPS) is 12.0. The zero-order valence-corrected chi connectivity index (χ0v) is 16.2. The molecular formula is C20H24N4O4. The van der Waals surface area contributed by atoms with Gasteiger partial charge in [0.1, 0.15) is 18.7 Å². The monoisotopic (exact) mass is 384 g/mol. The molecule has 0 fully saturated rings. The van der Waals surface area contributed by atoms with Crippen LogP contribution in [0.3, 0.4) is 0 Å². The SMILES string of the molecule is COCCOc1ccc(C(C)NC(=O)Cn2nnc3ccccc32)cc1OC. The molecule has 2 aromatic carbocycles. The Hall–Kier alpha value is -3.13. The zero-order valence-electron chi connectivity index (χ0n) is 16.2. The molecular weight excluding hydrogens is 360 g/mol. The Bertz CT molecular complexity index is 941. The van der Waals surface area contributed by atoms with Gasteiger partial charge in [0.15, 0.2) is 11.5 Å². The molecule has 0 radical (unpaired) electrons. The third-order valence-corrected chi connectivity index (χ3v) is 4.32. The maximum Gasteiger partial charge on any atom is 0.242 e. The first-order chi connectivity index (χ1) is 13.6. The molecule has 1 atom stereocenters. The lowest BCUT2D eigenvalue weighted by molar-refractivity contribution is -0.122. The fourth-order valence-corrected chi connectivity index (χ4v) is 2.85. The number of fused-ring (bicyclic) bond motifs is 1. The molecule has 1 aromatic heterocycles. The highest BCUT2D eigenvalue weighted by atomic mass is 16.5. The van der Waals surface area contributed by atoms with Crippen LogP contribution in [-0.2, 0) is 16.1 Å². The molecule has 0 aliphatic rings. The minimum absolute atomic E-state index is 0.0974. The van der Waals surface area contributed by atoms with E-state index in [-0.39, 0.29) is 18.5 Å². The molecule has 0 saturated carbocycles. The second kappa shape index (κ2) is 9.18. The van der Waals surface area contributed by atoms with Gasteiger partial charge >= 0.3 is 0 Å². The molecule has 1 unspecified atom stereocenters. The minimum atomic E-state index is -0.204. The summed E-state index contributed by atoms with van der Waals surface area (Å²) in [5.41, 5.74) is 2.49. The first kappa shape index (κ1) is 19.6. The third kappa shape index (κ3) is 4.58. The van der Waals surface area contributed by atoms with E-state index in [0.29, 0.717) is 24.7 Å². The number of hydrogen-bond donors (Lipinski definition) is 1. The van der Waals surface area contributed by atoms with E-state index >= 15 is 0 Å². The number of carbonyl (C=O) groups is 1. The van der Waals surface area contributed by atoms with Crippen LogP contribution in [-0.4, -0.2) is 48.3 Å². The van der Waals surface area contributed by atoms with E-state index in [4.69, 9.17) is 14.2 Å². The van der Waals surface area contributed by atoms with Crippen molar-refractivity contribution in [2.45, 2.75) is 19.5 Å². The maximum atomic E-state index is 12.5. The molecule has 8 nitrogen and oxygen atoms in total. The van der Waals surface area contributed by atoms with E-state index in [1.54, 1.807) is 18.9 Å². The van der Waals surface area contributed by atoms with Crippen molar-refractivity contribution in [1.29, 1.82) is 0 Å². The highest BCUT2D eigenvalue weighted by molar-refractivity contribution is 5.80. The summed E-state index contributed by atoms with van der Waals surface area (Å²) in [5.74, 6) is 1.09. The summed E-state index contributed by atoms with van der Waals surface area (Å²) >= 11 is 0. The highest BCUT2D eigenvalue weighted by Gasteiger charge is 2.15. The van der Waals surface area contributed by atoms with Crippen molar-refractivity contribution in [3.63, 3.8) is 0 Å². The van der Waals surface area contributed by atoms with Crippen molar-refractivity contribution in [3.05, 3.63) is 48.0 Å². The van der Waals surface area contributed by atoms with E-state index in [1.165, 1.54) is 0 Å². The van der Waals surface area contributed by atoms with Crippen LogP contribution in [0.2, 0.25) is 0 Å². The van der Waals surface area contributed by atoms with Crippen molar-refractivity contribution >= 4 is 16.9 Å². The number of aromatic nitrogens is 3. The van der Waals surface area contributed by atoms with E-state index in [0.717, 1.165) is 16.6 Å². The van der Waals surface area contributed by atoms with Gasteiger partial charge in [-0.05, 0) is 36.8 Å². The van der Waals surface area contributed by atoms with Crippen LogP contribution < -0.4 is 14.8 Å². The van der Waals surface area contributed by atoms with E-state index in [9.17, 15) is 4.79 Å². The van der Waals surface area contributed by atoms with Crippen LogP contribution in [0.1, 0.15) is 18.5 Å². The van der Waals surface area contributed by atoms with Crippen LogP contribution >= 0.6 is 0 Å². The molecule has 28 heavy (non-hydrogen) atoms. The number of para-hydroxylation sites is 1. The summed E-state index contributed by atoms with van der Waals surface area (Å²) in [5, 5.41) is 11.1. The smallest absolute Gasteiger partial charge is 0.242 e. The number of carbonyl (C=O) groups excluding carboxylic acids is 1. The van der Waals surface area contributed by atoms with Gasteiger partial charge in [0, 0.05) is 7.11 Å². The van der Waals surface area contributed by atoms with Crippen molar-refractivity contribution in [3.8, 4) is 11.5 Å². The van der Waals surface area contributed by atoms with Crippen LogP contribution in [0, 0.1) is 0 Å². The third-order valence-electron chi connectivity index (χ3n) is 4.32. The number of methoxy groups -OCH3 is 2. The number of benzene rings is 2. The second-order valence-electron chi connectivity index (χ2n) is 6.28. The van der Waals surface area contributed by atoms with Gasteiger partial charge in [0.05, 0.1) is 25.3 Å². The van der Waals surface area contributed by atoms with Gasteiger partial charge in [0.25, 0.3) is 0 Å². The fraction of sp³-hybridized carbons (Fsp3) is 0.350. The number of rotatable bonds is 9. The minimum Gasteiger partial charge on any atom is -0.493 e.